The van der Waals surface area contributed by atoms with Crippen molar-refractivity contribution in [3.8, 4) is 0 Å². The first-order valence-electron chi connectivity index (χ1n) is 2.82. The Morgan fingerprint density at radius 2 is 2.10 bits per heavy atom. The van der Waals surface area contributed by atoms with E-state index in [9.17, 15) is 4.39 Å². The smallest absolute Gasteiger partial charge is 0.145 e. The van der Waals surface area contributed by atoms with Crippen LogP contribution in [-0.2, 0) is 0 Å². The summed E-state index contributed by atoms with van der Waals surface area (Å²) in [6.45, 7) is 0. The lowest BCUT2D eigenvalue weighted by atomic mass is 9.96. The maximum Gasteiger partial charge on any atom is 0.145 e. The van der Waals surface area contributed by atoms with Crippen LogP contribution in [0.15, 0.2) is 12.1 Å². The summed E-state index contributed by atoms with van der Waals surface area (Å²) in [6.07, 6.45) is 0. The number of hydrogen-bond acceptors (Lipinski definition) is 1. The van der Waals surface area contributed by atoms with Gasteiger partial charge in [0.15, 0.2) is 0 Å². The largest absolute Gasteiger partial charge is 0.396 e. The van der Waals surface area contributed by atoms with Crippen molar-refractivity contribution in [3.05, 3.63) is 23.0 Å². The topological polar surface area (TPSA) is 26.0 Å². The molecule has 52 valence electrons. The van der Waals surface area contributed by atoms with Crippen LogP contribution in [0.5, 0.6) is 0 Å². The van der Waals surface area contributed by atoms with Gasteiger partial charge in [-0.1, -0.05) is 17.1 Å². The second-order valence-corrected chi connectivity index (χ2v) is 2.53. The van der Waals surface area contributed by atoms with E-state index in [4.69, 9.17) is 17.3 Å². The summed E-state index contributed by atoms with van der Waals surface area (Å²) >= 11 is 5.64. The molecular formula is C6H6BClFN. The lowest BCUT2D eigenvalue weighted by molar-refractivity contribution is 0.633. The highest BCUT2D eigenvalue weighted by molar-refractivity contribution is 6.45. The normalized spacial score (nSPS) is 9.80. The summed E-state index contributed by atoms with van der Waals surface area (Å²) in [5.41, 5.74) is 6.03. The van der Waals surface area contributed by atoms with E-state index in [1.807, 2.05) is 0 Å². The predicted octanol–water partition coefficient (Wildman–Crippen LogP) is 0.320. The van der Waals surface area contributed by atoms with Crippen LogP contribution >= 0.6 is 11.6 Å². The van der Waals surface area contributed by atoms with Crippen molar-refractivity contribution in [3.63, 3.8) is 0 Å². The molecule has 1 nitrogen and oxygen atoms in total. The van der Waals surface area contributed by atoms with Gasteiger partial charge in [0.05, 0.1) is 5.69 Å². The van der Waals surface area contributed by atoms with Gasteiger partial charge in [0, 0.05) is 5.02 Å². The van der Waals surface area contributed by atoms with Crippen molar-refractivity contribution in [2.75, 3.05) is 5.73 Å². The Balaban J connectivity index is 3.28. The number of nitrogen functional groups attached to an aromatic ring is 1. The molecule has 0 amide bonds. The Labute approximate surface area is 64.4 Å². The summed E-state index contributed by atoms with van der Waals surface area (Å²) in [5, 5.41) is 0.499. The van der Waals surface area contributed by atoms with Crippen molar-refractivity contribution in [1.82, 2.24) is 0 Å². The fourth-order valence-corrected chi connectivity index (χ4v) is 0.834. The van der Waals surface area contributed by atoms with Gasteiger partial charge in [-0.05, 0) is 12.1 Å². The lowest BCUT2D eigenvalue weighted by Crippen LogP contribution is -2.06. The van der Waals surface area contributed by atoms with Crippen molar-refractivity contribution < 1.29 is 4.39 Å². The van der Waals surface area contributed by atoms with Crippen LogP contribution in [0.2, 0.25) is 5.02 Å². The molecule has 0 atom stereocenters. The third-order valence-electron chi connectivity index (χ3n) is 1.28. The molecule has 0 heterocycles. The molecule has 0 spiro atoms. The molecule has 1 aromatic rings. The minimum Gasteiger partial charge on any atom is -0.396 e. The number of benzene rings is 1. The number of rotatable bonds is 0. The molecular weight excluding hydrogens is 151 g/mol. The number of anilines is 1. The maximum atomic E-state index is 12.6. The molecule has 0 bridgehead atoms. The monoisotopic (exact) mass is 157 g/mol. The minimum atomic E-state index is -0.415. The van der Waals surface area contributed by atoms with Gasteiger partial charge >= 0.3 is 0 Å². The van der Waals surface area contributed by atoms with Gasteiger partial charge in [-0.25, -0.2) is 4.39 Å². The van der Waals surface area contributed by atoms with E-state index in [2.05, 4.69) is 0 Å². The minimum absolute atomic E-state index is 0.0931. The summed E-state index contributed by atoms with van der Waals surface area (Å²) in [6, 6.07) is 2.73. The Kier molecular flexibility index (Phi) is 1.86. The first-order chi connectivity index (χ1) is 4.61. The Hall–Kier alpha value is -0.695. The van der Waals surface area contributed by atoms with Crippen LogP contribution in [-0.4, -0.2) is 7.85 Å². The van der Waals surface area contributed by atoms with Gasteiger partial charge in [0.1, 0.15) is 13.7 Å². The molecule has 1 aromatic carbocycles. The van der Waals surface area contributed by atoms with Gasteiger partial charge in [-0.15, -0.1) is 0 Å². The molecule has 0 unspecified atom stereocenters. The number of nitrogens with two attached hydrogens (primary N) is 1. The molecule has 1 rings (SSSR count). The van der Waals surface area contributed by atoms with Crippen molar-refractivity contribution in [2.45, 2.75) is 0 Å². The third kappa shape index (κ3) is 1.24. The second-order valence-electron chi connectivity index (χ2n) is 2.12. The molecule has 4 heteroatoms. The first kappa shape index (κ1) is 7.41. The Bertz CT molecular complexity index is 214. The number of halogens is 2. The summed E-state index contributed by atoms with van der Waals surface area (Å²) in [7, 11) is 1.73. The average Bonchev–Trinajstić information content (AvgIpc) is 1.84. The van der Waals surface area contributed by atoms with Gasteiger partial charge in [0.25, 0.3) is 0 Å². The molecule has 0 aromatic heterocycles. The van der Waals surface area contributed by atoms with Crippen LogP contribution in [0.1, 0.15) is 0 Å². The number of hydrogen-bond donors (Lipinski definition) is 1. The van der Waals surface area contributed by atoms with Crippen LogP contribution in [0.3, 0.4) is 0 Å². The quantitative estimate of drug-likeness (QED) is 0.426. The molecule has 0 aliphatic heterocycles. The fourth-order valence-electron chi connectivity index (χ4n) is 0.662. The van der Waals surface area contributed by atoms with Crippen molar-refractivity contribution in [2.24, 2.45) is 0 Å². The van der Waals surface area contributed by atoms with Gasteiger partial charge < -0.3 is 5.73 Å². The van der Waals surface area contributed by atoms with Gasteiger partial charge in [-0.2, -0.15) is 0 Å². The van der Waals surface area contributed by atoms with E-state index in [1.165, 1.54) is 12.1 Å². The van der Waals surface area contributed by atoms with Gasteiger partial charge in [0.2, 0.25) is 0 Å². The van der Waals surface area contributed by atoms with Gasteiger partial charge in [-0.3, -0.25) is 0 Å². The molecule has 0 aliphatic rings. The first-order valence-corrected chi connectivity index (χ1v) is 3.20. The SMILES string of the molecule is Bc1cc(F)c(N)cc1Cl. The Morgan fingerprint density at radius 1 is 1.50 bits per heavy atom. The molecule has 10 heavy (non-hydrogen) atoms. The Morgan fingerprint density at radius 3 is 2.60 bits per heavy atom. The highest BCUT2D eigenvalue weighted by Crippen LogP contribution is 2.13. The third-order valence-corrected chi connectivity index (χ3v) is 1.69. The average molecular weight is 157 g/mol. The lowest BCUT2D eigenvalue weighted by Gasteiger charge is -1.99. The van der Waals surface area contributed by atoms with E-state index in [-0.39, 0.29) is 5.69 Å². The van der Waals surface area contributed by atoms with E-state index in [0.29, 0.717) is 10.5 Å². The summed E-state index contributed by atoms with van der Waals surface area (Å²) in [4.78, 5) is 0. The van der Waals surface area contributed by atoms with Crippen LogP contribution < -0.4 is 11.2 Å². The maximum absolute atomic E-state index is 12.6. The zero-order valence-corrected chi connectivity index (χ0v) is 6.24. The summed E-state index contributed by atoms with van der Waals surface area (Å²) < 4.78 is 12.6. The fraction of sp³-hybridized carbons (Fsp3) is 0. The van der Waals surface area contributed by atoms with Crippen LogP contribution in [0, 0.1) is 5.82 Å². The molecule has 2 N–H and O–H groups in total. The highest BCUT2D eigenvalue weighted by Gasteiger charge is 2.00. The van der Waals surface area contributed by atoms with Crippen LogP contribution in [0.4, 0.5) is 10.1 Å². The second kappa shape index (κ2) is 2.50. The predicted molar refractivity (Wildman–Crippen MR) is 44.0 cm³/mol. The van der Waals surface area contributed by atoms with Crippen LogP contribution in [0.25, 0.3) is 0 Å². The highest BCUT2D eigenvalue weighted by atomic mass is 35.5. The molecule has 0 saturated heterocycles. The standard InChI is InChI=1S/C6H6BClFN/c7-3-1-5(9)6(10)2-4(3)8/h1-2H,7,10H2. The van der Waals surface area contributed by atoms with E-state index in [0.717, 1.165) is 0 Å². The van der Waals surface area contributed by atoms with E-state index < -0.39 is 5.82 Å². The van der Waals surface area contributed by atoms with Crippen molar-refractivity contribution >= 4 is 30.6 Å². The zero-order chi connectivity index (χ0) is 7.72. The molecule has 0 saturated carbocycles. The van der Waals surface area contributed by atoms with E-state index >= 15 is 0 Å². The molecule has 0 aliphatic carbocycles. The zero-order valence-electron chi connectivity index (χ0n) is 5.49. The van der Waals surface area contributed by atoms with Crippen molar-refractivity contribution in [1.29, 1.82) is 0 Å². The molecule has 0 radical (unpaired) electrons. The van der Waals surface area contributed by atoms with E-state index in [1.54, 1.807) is 7.85 Å². The summed E-state index contributed by atoms with van der Waals surface area (Å²) in [5.74, 6) is -0.415. The molecule has 0 fully saturated rings.